The molecule has 0 unspecified atom stereocenters. The van der Waals surface area contributed by atoms with Gasteiger partial charge in [0.25, 0.3) is 0 Å². The van der Waals surface area contributed by atoms with Crippen molar-refractivity contribution < 1.29 is 9.59 Å². The Hall–Kier alpha value is -1.26. The fourth-order valence-corrected chi connectivity index (χ4v) is 3.24. The van der Waals surface area contributed by atoms with E-state index in [9.17, 15) is 9.59 Å². The van der Waals surface area contributed by atoms with Crippen LogP contribution in [-0.2, 0) is 4.79 Å². The van der Waals surface area contributed by atoms with Crippen molar-refractivity contribution >= 4 is 11.9 Å². The average Bonchev–Trinajstić information content (AvgIpc) is 2.40. The lowest BCUT2D eigenvalue weighted by atomic mass is 9.86. The lowest BCUT2D eigenvalue weighted by molar-refractivity contribution is -0.133. The highest BCUT2D eigenvalue weighted by Gasteiger charge is 2.25. The van der Waals surface area contributed by atoms with Crippen LogP contribution in [0, 0.1) is 5.92 Å². The van der Waals surface area contributed by atoms with E-state index < -0.39 is 6.03 Å². The summed E-state index contributed by atoms with van der Waals surface area (Å²) in [6.07, 6.45) is 8.67. The van der Waals surface area contributed by atoms with Gasteiger partial charge in [-0.1, -0.05) is 19.3 Å². The number of piperidine rings is 1. The van der Waals surface area contributed by atoms with Crippen LogP contribution in [0.25, 0.3) is 0 Å². The van der Waals surface area contributed by atoms with Gasteiger partial charge in [-0.3, -0.25) is 4.79 Å². The fourth-order valence-electron chi connectivity index (χ4n) is 3.24. The molecular weight excluding hydrogens is 242 g/mol. The summed E-state index contributed by atoms with van der Waals surface area (Å²) in [5, 5.41) is 2.72. The minimum atomic E-state index is -0.466. The first-order valence-electron chi connectivity index (χ1n) is 7.49. The second kappa shape index (κ2) is 6.78. The summed E-state index contributed by atoms with van der Waals surface area (Å²) in [6.45, 7) is 1.49. The van der Waals surface area contributed by atoms with Gasteiger partial charge in [0.2, 0.25) is 5.91 Å². The van der Waals surface area contributed by atoms with Crippen molar-refractivity contribution in [2.45, 2.75) is 57.4 Å². The topological polar surface area (TPSA) is 75.4 Å². The second-order valence-corrected chi connectivity index (χ2v) is 5.87. The molecule has 2 fully saturated rings. The molecule has 2 aliphatic rings. The molecule has 5 nitrogen and oxygen atoms in total. The number of primary amides is 1. The Morgan fingerprint density at radius 3 is 2.26 bits per heavy atom. The molecule has 1 saturated carbocycles. The summed E-state index contributed by atoms with van der Waals surface area (Å²) in [4.78, 5) is 24.9. The Kier molecular flexibility index (Phi) is 5.05. The average molecular weight is 267 g/mol. The Morgan fingerprint density at radius 2 is 1.68 bits per heavy atom. The fraction of sp³-hybridized carbons (Fsp3) is 0.857. The molecule has 3 N–H and O–H groups in total. The number of likely N-dealkylation sites (tertiary alicyclic amines) is 1. The van der Waals surface area contributed by atoms with E-state index in [0.29, 0.717) is 18.2 Å². The second-order valence-electron chi connectivity index (χ2n) is 5.87. The zero-order chi connectivity index (χ0) is 13.7. The van der Waals surface area contributed by atoms with Crippen LogP contribution in [0.2, 0.25) is 0 Å². The van der Waals surface area contributed by atoms with Gasteiger partial charge in [-0.05, 0) is 31.6 Å². The maximum absolute atomic E-state index is 12.2. The van der Waals surface area contributed by atoms with Crippen molar-refractivity contribution in [1.82, 2.24) is 10.2 Å². The Balaban J connectivity index is 1.71. The lowest BCUT2D eigenvalue weighted by Gasteiger charge is -2.33. The largest absolute Gasteiger partial charge is 0.352 e. The van der Waals surface area contributed by atoms with Crippen LogP contribution in [0.4, 0.5) is 4.79 Å². The molecule has 1 aliphatic heterocycles. The number of hydrogen-bond donors (Lipinski definition) is 2. The number of carbonyl (C=O) groups is 2. The van der Waals surface area contributed by atoms with Crippen LogP contribution in [-0.4, -0.2) is 36.0 Å². The van der Waals surface area contributed by atoms with E-state index in [2.05, 4.69) is 5.32 Å². The van der Waals surface area contributed by atoms with Gasteiger partial charge in [0.1, 0.15) is 0 Å². The summed E-state index contributed by atoms with van der Waals surface area (Å²) in [7, 11) is 0. The number of urea groups is 1. The maximum atomic E-state index is 12.2. The number of hydrogen-bond acceptors (Lipinski definition) is 2. The van der Waals surface area contributed by atoms with E-state index in [1.54, 1.807) is 0 Å². The minimum absolute atomic E-state index is 0.135. The van der Waals surface area contributed by atoms with Crippen molar-refractivity contribution in [3.05, 3.63) is 0 Å². The highest BCUT2D eigenvalue weighted by Crippen LogP contribution is 2.27. The van der Waals surface area contributed by atoms with E-state index in [4.69, 9.17) is 5.73 Å². The monoisotopic (exact) mass is 267 g/mol. The SMILES string of the molecule is NC(=O)NC1CCN(C(=O)CC2CCCCC2)CC1. The number of carbonyl (C=O) groups excluding carboxylic acids is 2. The maximum Gasteiger partial charge on any atom is 0.312 e. The van der Waals surface area contributed by atoms with Crippen LogP contribution < -0.4 is 11.1 Å². The van der Waals surface area contributed by atoms with Crippen molar-refractivity contribution in [2.24, 2.45) is 11.7 Å². The van der Waals surface area contributed by atoms with Crippen molar-refractivity contribution in [3.8, 4) is 0 Å². The first-order valence-corrected chi connectivity index (χ1v) is 7.49. The molecule has 0 atom stereocenters. The Labute approximate surface area is 114 Å². The number of rotatable bonds is 3. The van der Waals surface area contributed by atoms with Crippen LogP contribution >= 0.6 is 0 Å². The molecule has 0 spiro atoms. The molecule has 1 heterocycles. The van der Waals surface area contributed by atoms with Crippen LogP contribution in [0.15, 0.2) is 0 Å². The predicted molar refractivity (Wildman–Crippen MR) is 73.5 cm³/mol. The molecule has 3 amide bonds. The zero-order valence-electron chi connectivity index (χ0n) is 11.6. The molecule has 0 aromatic carbocycles. The van der Waals surface area contributed by atoms with E-state index >= 15 is 0 Å². The molecule has 0 aromatic rings. The van der Waals surface area contributed by atoms with E-state index in [0.717, 1.165) is 25.9 Å². The summed E-state index contributed by atoms with van der Waals surface area (Å²) >= 11 is 0. The molecule has 2 rings (SSSR count). The van der Waals surface area contributed by atoms with Crippen LogP contribution in [0.3, 0.4) is 0 Å². The van der Waals surface area contributed by atoms with Gasteiger partial charge in [-0.2, -0.15) is 0 Å². The quantitative estimate of drug-likeness (QED) is 0.815. The first kappa shape index (κ1) is 14.2. The first-order chi connectivity index (χ1) is 9.15. The van der Waals surface area contributed by atoms with Gasteiger partial charge >= 0.3 is 6.03 Å². The minimum Gasteiger partial charge on any atom is -0.352 e. The number of amides is 3. The third-order valence-corrected chi connectivity index (χ3v) is 4.38. The molecular formula is C14H25N3O2. The van der Waals surface area contributed by atoms with Gasteiger partial charge in [-0.25, -0.2) is 4.79 Å². The van der Waals surface area contributed by atoms with Crippen LogP contribution in [0.5, 0.6) is 0 Å². The smallest absolute Gasteiger partial charge is 0.312 e. The number of nitrogens with two attached hydrogens (primary N) is 1. The summed E-state index contributed by atoms with van der Waals surface area (Å²) in [5.74, 6) is 0.896. The number of nitrogens with zero attached hydrogens (tertiary/aromatic N) is 1. The molecule has 19 heavy (non-hydrogen) atoms. The summed E-state index contributed by atoms with van der Waals surface area (Å²) in [5.41, 5.74) is 5.11. The summed E-state index contributed by atoms with van der Waals surface area (Å²) < 4.78 is 0. The molecule has 0 bridgehead atoms. The Morgan fingerprint density at radius 1 is 1.05 bits per heavy atom. The standard InChI is InChI=1S/C14H25N3O2/c15-14(19)16-12-6-8-17(9-7-12)13(18)10-11-4-2-1-3-5-11/h11-12H,1-10H2,(H3,15,16,19). The predicted octanol–water partition coefficient (Wildman–Crippen LogP) is 1.62. The van der Waals surface area contributed by atoms with E-state index in [1.807, 2.05) is 4.90 Å². The number of nitrogens with one attached hydrogen (secondary N) is 1. The van der Waals surface area contributed by atoms with E-state index in [1.165, 1.54) is 32.1 Å². The lowest BCUT2D eigenvalue weighted by Crippen LogP contribution is -2.48. The van der Waals surface area contributed by atoms with Crippen molar-refractivity contribution in [2.75, 3.05) is 13.1 Å². The highest BCUT2D eigenvalue weighted by atomic mass is 16.2. The third-order valence-electron chi connectivity index (χ3n) is 4.38. The molecule has 1 aliphatic carbocycles. The zero-order valence-corrected chi connectivity index (χ0v) is 11.6. The molecule has 0 radical (unpaired) electrons. The van der Waals surface area contributed by atoms with Gasteiger partial charge in [0, 0.05) is 25.6 Å². The molecule has 5 heteroatoms. The molecule has 0 aromatic heterocycles. The molecule has 1 saturated heterocycles. The van der Waals surface area contributed by atoms with Crippen LogP contribution in [0.1, 0.15) is 51.4 Å². The van der Waals surface area contributed by atoms with Crippen molar-refractivity contribution in [3.63, 3.8) is 0 Å². The van der Waals surface area contributed by atoms with Gasteiger partial charge < -0.3 is 16.0 Å². The van der Waals surface area contributed by atoms with Gasteiger partial charge in [0.05, 0.1) is 0 Å². The van der Waals surface area contributed by atoms with Gasteiger partial charge in [0.15, 0.2) is 0 Å². The Bertz CT molecular complexity index is 319. The third kappa shape index (κ3) is 4.40. The highest BCUT2D eigenvalue weighted by molar-refractivity contribution is 5.76. The summed E-state index contributed by atoms with van der Waals surface area (Å²) in [6, 6.07) is -0.330. The van der Waals surface area contributed by atoms with Crippen molar-refractivity contribution in [1.29, 1.82) is 0 Å². The molecule has 108 valence electrons. The van der Waals surface area contributed by atoms with E-state index in [-0.39, 0.29) is 6.04 Å². The normalized spacial score (nSPS) is 22.2. The van der Waals surface area contributed by atoms with Gasteiger partial charge in [-0.15, -0.1) is 0 Å².